The lowest BCUT2D eigenvalue weighted by Crippen LogP contribution is -2.39. The van der Waals surface area contributed by atoms with Gasteiger partial charge in [-0.2, -0.15) is 0 Å². The van der Waals surface area contributed by atoms with Crippen LogP contribution in [0.15, 0.2) is 60.7 Å². The molecule has 27 heavy (non-hydrogen) atoms. The molecule has 1 heterocycles. The molecule has 0 fully saturated rings. The molecule has 142 valence electrons. The van der Waals surface area contributed by atoms with Gasteiger partial charge in [0.25, 0.3) is 0 Å². The SMILES string of the molecule is Cc1ccc(N2c3cc4ccccc4cc3OC(CCCCl)S2(O)O)cc1. The van der Waals surface area contributed by atoms with Crippen molar-refractivity contribution in [1.82, 2.24) is 0 Å². The molecule has 0 amide bonds. The molecule has 0 radical (unpaired) electrons. The van der Waals surface area contributed by atoms with E-state index in [0.717, 1.165) is 22.0 Å². The molecular weight excluding hydrogens is 382 g/mol. The second kappa shape index (κ2) is 7.24. The maximum atomic E-state index is 11.2. The van der Waals surface area contributed by atoms with Crippen molar-refractivity contribution in [2.24, 2.45) is 0 Å². The summed E-state index contributed by atoms with van der Waals surface area (Å²) in [4.78, 5) is 0. The Kier molecular flexibility index (Phi) is 4.95. The van der Waals surface area contributed by atoms with Crippen LogP contribution in [-0.4, -0.2) is 20.4 Å². The van der Waals surface area contributed by atoms with Crippen LogP contribution in [0.4, 0.5) is 11.4 Å². The normalized spacial score (nSPS) is 19.4. The van der Waals surface area contributed by atoms with Gasteiger partial charge in [0.05, 0.1) is 5.69 Å². The lowest BCUT2D eigenvalue weighted by molar-refractivity contribution is 0.238. The first kappa shape index (κ1) is 18.4. The van der Waals surface area contributed by atoms with Crippen molar-refractivity contribution in [3.05, 3.63) is 66.2 Å². The number of hydrogen-bond donors (Lipinski definition) is 2. The highest BCUT2D eigenvalue weighted by atomic mass is 35.5. The number of halogens is 1. The Labute approximate surface area is 165 Å². The molecule has 3 aromatic carbocycles. The number of ether oxygens (including phenoxy) is 1. The van der Waals surface area contributed by atoms with Crippen molar-refractivity contribution < 1.29 is 13.8 Å². The summed E-state index contributed by atoms with van der Waals surface area (Å²) in [5, 5.41) is 2.07. The number of hydrogen-bond acceptors (Lipinski definition) is 4. The van der Waals surface area contributed by atoms with Crippen LogP contribution in [0.2, 0.25) is 0 Å². The molecule has 3 aromatic rings. The molecule has 0 saturated heterocycles. The van der Waals surface area contributed by atoms with Gasteiger partial charge in [0.2, 0.25) is 5.44 Å². The lowest BCUT2D eigenvalue weighted by atomic mass is 10.1. The fourth-order valence-electron chi connectivity index (χ4n) is 3.36. The minimum Gasteiger partial charge on any atom is -0.467 e. The Bertz CT molecular complexity index is 961. The average molecular weight is 404 g/mol. The average Bonchev–Trinajstić information content (AvgIpc) is 2.66. The van der Waals surface area contributed by atoms with E-state index in [1.165, 1.54) is 0 Å². The van der Waals surface area contributed by atoms with Gasteiger partial charge >= 0.3 is 0 Å². The first-order valence-electron chi connectivity index (χ1n) is 8.90. The van der Waals surface area contributed by atoms with Gasteiger partial charge in [-0.3, -0.25) is 9.11 Å². The molecule has 0 bridgehead atoms. The van der Waals surface area contributed by atoms with Crippen molar-refractivity contribution in [2.45, 2.75) is 25.2 Å². The molecule has 4 nitrogen and oxygen atoms in total. The van der Waals surface area contributed by atoms with E-state index in [4.69, 9.17) is 16.3 Å². The smallest absolute Gasteiger partial charge is 0.206 e. The van der Waals surface area contributed by atoms with Crippen LogP contribution >= 0.6 is 22.4 Å². The molecule has 2 N–H and O–H groups in total. The maximum absolute atomic E-state index is 11.2. The van der Waals surface area contributed by atoms with E-state index in [1.807, 2.05) is 67.6 Å². The standard InChI is InChI=1S/C21H22ClNO3S/c1-15-8-10-18(11-9-15)23-19-13-16-5-2-3-6-17(16)14-20(19)26-21(7-4-12-22)27(23,24)25/h2-3,5-6,8-11,13-14,21,24-25H,4,7,12H2,1H3. The van der Waals surface area contributed by atoms with Gasteiger partial charge in [0.1, 0.15) is 11.4 Å². The zero-order valence-electron chi connectivity index (χ0n) is 15.0. The van der Waals surface area contributed by atoms with E-state index in [-0.39, 0.29) is 0 Å². The number of aryl methyl sites for hydroxylation is 1. The van der Waals surface area contributed by atoms with E-state index in [0.29, 0.717) is 30.2 Å². The van der Waals surface area contributed by atoms with Crippen molar-refractivity contribution in [1.29, 1.82) is 0 Å². The van der Waals surface area contributed by atoms with Crippen LogP contribution in [0.25, 0.3) is 10.8 Å². The molecule has 1 aliphatic heterocycles. The monoisotopic (exact) mass is 403 g/mol. The molecule has 1 atom stereocenters. The minimum atomic E-state index is -3.23. The summed E-state index contributed by atoms with van der Waals surface area (Å²) >= 11 is 5.84. The first-order valence-corrected chi connectivity index (χ1v) is 11.0. The Hall–Kier alpha value is -1.92. The van der Waals surface area contributed by atoms with E-state index < -0.39 is 16.2 Å². The first-order chi connectivity index (χ1) is 13.0. The van der Waals surface area contributed by atoms with Crippen molar-refractivity contribution >= 4 is 44.5 Å². The Morgan fingerprint density at radius 3 is 2.37 bits per heavy atom. The van der Waals surface area contributed by atoms with E-state index >= 15 is 0 Å². The molecule has 1 aliphatic rings. The van der Waals surface area contributed by atoms with Gasteiger partial charge in [-0.1, -0.05) is 52.7 Å². The molecule has 4 rings (SSSR count). The van der Waals surface area contributed by atoms with Gasteiger partial charge < -0.3 is 4.74 Å². The molecule has 0 aliphatic carbocycles. The zero-order valence-corrected chi connectivity index (χ0v) is 16.6. The molecule has 6 heteroatoms. The number of benzene rings is 3. The zero-order chi connectivity index (χ0) is 19.0. The van der Waals surface area contributed by atoms with Crippen molar-refractivity contribution in [3.8, 4) is 5.75 Å². The maximum Gasteiger partial charge on any atom is 0.206 e. The van der Waals surface area contributed by atoms with Gasteiger partial charge in [-0.25, -0.2) is 4.31 Å². The second-order valence-electron chi connectivity index (χ2n) is 6.74. The fourth-order valence-corrected chi connectivity index (χ4v) is 5.33. The largest absolute Gasteiger partial charge is 0.467 e. The van der Waals surface area contributed by atoms with Gasteiger partial charge in [0, 0.05) is 12.3 Å². The van der Waals surface area contributed by atoms with Crippen molar-refractivity contribution in [3.63, 3.8) is 0 Å². The predicted octanol–water partition coefficient (Wildman–Crippen LogP) is 6.69. The van der Waals surface area contributed by atoms with Gasteiger partial charge in [-0.15, -0.1) is 11.6 Å². The highest BCUT2D eigenvalue weighted by molar-refractivity contribution is 8.26. The van der Waals surface area contributed by atoms with Crippen LogP contribution in [-0.2, 0) is 0 Å². The number of rotatable bonds is 4. The van der Waals surface area contributed by atoms with E-state index in [2.05, 4.69) is 0 Å². The predicted molar refractivity (Wildman–Crippen MR) is 114 cm³/mol. The summed E-state index contributed by atoms with van der Waals surface area (Å²) in [6, 6.07) is 19.7. The van der Waals surface area contributed by atoms with Crippen molar-refractivity contribution in [2.75, 3.05) is 10.2 Å². The van der Waals surface area contributed by atoms with Crippen LogP contribution in [0, 0.1) is 6.92 Å². The van der Waals surface area contributed by atoms with Crippen LogP contribution in [0.3, 0.4) is 0 Å². The minimum absolute atomic E-state index is 0.449. The molecule has 0 spiro atoms. The highest BCUT2D eigenvalue weighted by Crippen LogP contribution is 2.62. The Morgan fingerprint density at radius 2 is 1.70 bits per heavy atom. The second-order valence-corrected chi connectivity index (χ2v) is 9.13. The summed E-state index contributed by atoms with van der Waals surface area (Å²) < 4.78 is 30.0. The third-order valence-corrected chi connectivity index (χ3v) is 7.02. The Morgan fingerprint density at radius 1 is 1.04 bits per heavy atom. The van der Waals surface area contributed by atoms with Crippen LogP contribution in [0.5, 0.6) is 5.75 Å². The molecule has 0 saturated carbocycles. The fraction of sp³-hybridized carbons (Fsp3) is 0.238. The van der Waals surface area contributed by atoms with E-state index in [9.17, 15) is 9.11 Å². The number of anilines is 2. The highest BCUT2D eigenvalue weighted by Gasteiger charge is 2.41. The number of alkyl halides is 1. The number of fused-ring (bicyclic) bond motifs is 2. The van der Waals surface area contributed by atoms with Gasteiger partial charge in [-0.05, 0) is 48.4 Å². The quantitative estimate of drug-likeness (QED) is 0.476. The van der Waals surface area contributed by atoms with Crippen LogP contribution < -0.4 is 9.04 Å². The summed E-state index contributed by atoms with van der Waals surface area (Å²) in [7, 11) is -3.23. The third kappa shape index (κ3) is 3.36. The van der Waals surface area contributed by atoms with Gasteiger partial charge in [0.15, 0.2) is 0 Å². The summed E-state index contributed by atoms with van der Waals surface area (Å²) in [6.45, 7) is 2.01. The third-order valence-electron chi connectivity index (χ3n) is 4.77. The number of nitrogens with zero attached hydrogens (tertiary/aromatic N) is 1. The summed E-state index contributed by atoms with van der Waals surface area (Å²) in [5.41, 5.74) is 1.78. The topological polar surface area (TPSA) is 52.9 Å². The molecular formula is C21H22ClNO3S. The lowest BCUT2D eigenvalue weighted by Gasteiger charge is -2.52. The van der Waals surface area contributed by atoms with E-state index in [1.54, 1.807) is 4.31 Å². The summed E-state index contributed by atoms with van der Waals surface area (Å²) in [5.74, 6) is 1.10. The summed E-state index contributed by atoms with van der Waals surface area (Å²) in [6.07, 6.45) is 1.12. The Balaban J connectivity index is 1.90. The molecule has 0 aromatic heterocycles. The van der Waals surface area contributed by atoms with Crippen LogP contribution in [0.1, 0.15) is 18.4 Å². The molecule has 1 unspecified atom stereocenters.